The Kier molecular flexibility index (Phi) is 5.33. The third-order valence-corrected chi connectivity index (χ3v) is 3.02. The van der Waals surface area contributed by atoms with Crippen LogP contribution in [0.4, 0.5) is 5.95 Å². The fraction of sp³-hybridized carbons (Fsp3) is 0.545. The van der Waals surface area contributed by atoms with Crippen molar-refractivity contribution in [3.8, 4) is 5.88 Å². The minimum absolute atomic E-state index is 0.00840. The van der Waals surface area contributed by atoms with E-state index in [2.05, 4.69) is 31.2 Å². The molecule has 1 unspecified atom stereocenters. The molecule has 1 amide bonds. The standard InChI is InChI=1S/C11H17BrN4O2/c1-7(9(17)13-2)6-16(3)11-14-5-8(12)10(15-11)18-4/h5,7H,6H2,1-4H3,(H,13,17). The molecule has 1 rings (SSSR count). The molecule has 0 fully saturated rings. The molecule has 0 aliphatic carbocycles. The van der Waals surface area contributed by atoms with Crippen molar-refractivity contribution in [2.45, 2.75) is 6.92 Å². The predicted molar refractivity (Wildman–Crippen MR) is 72.8 cm³/mol. The molecule has 0 radical (unpaired) electrons. The molecule has 1 aromatic heterocycles. The zero-order valence-electron chi connectivity index (χ0n) is 10.9. The fourth-order valence-electron chi connectivity index (χ4n) is 1.49. The van der Waals surface area contributed by atoms with Gasteiger partial charge in [0.2, 0.25) is 17.7 Å². The summed E-state index contributed by atoms with van der Waals surface area (Å²) < 4.78 is 5.80. The number of hydrogen-bond donors (Lipinski definition) is 1. The smallest absolute Gasteiger partial charge is 0.232 e. The van der Waals surface area contributed by atoms with Crippen molar-refractivity contribution < 1.29 is 9.53 Å². The molecule has 0 bridgehead atoms. The average molecular weight is 317 g/mol. The lowest BCUT2D eigenvalue weighted by atomic mass is 10.1. The second kappa shape index (κ2) is 6.53. The van der Waals surface area contributed by atoms with Crippen LogP contribution in [-0.4, -0.2) is 43.6 Å². The second-order valence-electron chi connectivity index (χ2n) is 3.92. The molecule has 1 aromatic rings. The lowest BCUT2D eigenvalue weighted by molar-refractivity contribution is -0.123. The van der Waals surface area contributed by atoms with Gasteiger partial charge < -0.3 is 15.0 Å². The number of halogens is 1. The fourth-order valence-corrected chi connectivity index (χ4v) is 1.84. The van der Waals surface area contributed by atoms with Crippen LogP contribution in [0.15, 0.2) is 10.7 Å². The Morgan fingerprint density at radius 2 is 2.33 bits per heavy atom. The summed E-state index contributed by atoms with van der Waals surface area (Å²) in [6.07, 6.45) is 1.63. The van der Waals surface area contributed by atoms with E-state index in [-0.39, 0.29) is 11.8 Å². The van der Waals surface area contributed by atoms with Crippen LogP contribution in [-0.2, 0) is 4.79 Å². The minimum atomic E-state index is -0.141. The van der Waals surface area contributed by atoms with Gasteiger partial charge in [-0.05, 0) is 15.9 Å². The van der Waals surface area contributed by atoms with Crippen LogP contribution in [0, 0.1) is 5.92 Å². The molecule has 100 valence electrons. The number of nitrogens with zero attached hydrogens (tertiary/aromatic N) is 3. The van der Waals surface area contributed by atoms with Crippen molar-refractivity contribution in [1.82, 2.24) is 15.3 Å². The van der Waals surface area contributed by atoms with Gasteiger partial charge in [0.1, 0.15) is 0 Å². The van der Waals surface area contributed by atoms with Crippen molar-refractivity contribution in [2.75, 3.05) is 32.6 Å². The summed E-state index contributed by atoms with van der Waals surface area (Å²) in [7, 11) is 5.00. The van der Waals surface area contributed by atoms with Crippen molar-refractivity contribution >= 4 is 27.8 Å². The third-order valence-electron chi connectivity index (χ3n) is 2.48. The van der Waals surface area contributed by atoms with Gasteiger partial charge in [0.05, 0.1) is 23.7 Å². The number of rotatable bonds is 5. The summed E-state index contributed by atoms with van der Waals surface area (Å²) in [5.74, 6) is 0.842. The van der Waals surface area contributed by atoms with E-state index in [1.54, 1.807) is 20.4 Å². The largest absolute Gasteiger partial charge is 0.480 e. The molecule has 7 heteroatoms. The number of anilines is 1. The number of hydrogen-bond acceptors (Lipinski definition) is 5. The van der Waals surface area contributed by atoms with Crippen LogP contribution in [0.3, 0.4) is 0 Å². The van der Waals surface area contributed by atoms with Gasteiger partial charge in [-0.25, -0.2) is 4.98 Å². The quantitative estimate of drug-likeness (QED) is 0.880. The van der Waals surface area contributed by atoms with Crippen molar-refractivity contribution in [2.24, 2.45) is 5.92 Å². The lowest BCUT2D eigenvalue weighted by Crippen LogP contribution is -2.35. The Hall–Kier alpha value is -1.37. The molecule has 0 aliphatic rings. The van der Waals surface area contributed by atoms with E-state index in [1.165, 1.54) is 0 Å². The number of nitrogens with one attached hydrogen (secondary N) is 1. The average Bonchev–Trinajstić information content (AvgIpc) is 2.37. The normalized spacial score (nSPS) is 11.8. The highest BCUT2D eigenvalue weighted by atomic mass is 79.9. The van der Waals surface area contributed by atoms with E-state index < -0.39 is 0 Å². The summed E-state index contributed by atoms with van der Waals surface area (Å²) in [6, 6.07) is 0. The molecular weight excluding hydrogens is 300 g/mol. The van der Waals surface area contributed by atoms with Gasteiger partial charge in [-0.1, -0.05) is 6.92 Å². The molecule has 6 nitrogen and oxygen atoms in total. The van der Waals surface area contributed by atoms with Crippen LogP contribution >= 0.6 is 15.9 Å². The van der Waals surface area contributed by atoms with Gasteiger partial charge in [-0.15, -0.1) is 0 Å². The van der Waals surface area contributed by atoms with E-state index in [0.717, 1.165) is 0 Å². The first kappa shape index (κ1) is 14.7. The summed E-state index contributed by atoms with van der Waals surface area (Å²) in [4.78, 5) is 21.7. The van der Waals surface area contributed by atoms with Crippen LogP contribution in [0.5, 0.6) is 5.88 Å². The lowest BCUT2D eigenvalue weighted by Gasteiger charge is -2.20. The molecule has 0 aliphatic heterocycles. The van der Waals surface area contributed by atoms with E-state index in [4.69, 9.17) is 4.74 Å². The number of amides is 1. The van der Waals surface area contributed by atoms with Crippen LogP contribution in [0.2, 0.25) is 0 Å². The molecule has 0 saturated heterocycles. The summed E-state index contributed by atoms with van der Waals surface area (Å²) >= 11 is 3.29. The number of aromatic nitrogens is 2. The topological polar surface area (TPSA) is 67.4 Å². The Bertz CT molecular complexity index is 428. The second-order valence-corrected chi connectivity index (χ2v) is 4.78. The van der Waals surface area contributed by atoms with Gasteiger partial charge in [0.25, 0.3) is 0 Å². The van der Waals surface area contributed by atoms with E-state index in [0.29, 0.717) is 22.8 Å². The maximum absolute atomic E-state index is 11.4. The minimum Gasteiger partial charge on any atom is -0.480 e. The Balaban J connectivity index is 2.78. The number of ether oxygens (including phenoxy) is 1. The molecule has 18 heavy (non-hydrogen) atoms. The molecule has 0 aromatic carbocycles. The molecule has 0 spiro atoms. The zero-order chi connectivity index (χ0) is 13.7. The van der Waals surface area contributed by atoms with Gasteiger partial charge in [-0.3, -0.25) is 4.79 Å². The van der Waals surface area contributed by atoms with E-state index in [9.17, 15) is 4.79 Å². The highest BCUT2D eigenvalue weighted by molar-refractivity contribution is 9.10. The van der Waals surface area contributed by atoms with Crippen LogP contribution in [0.25, 0.3) is 0 Å². The third kappa shape index (κ3) is 3.56. The van der Waals surface area contributed by atoms with Crippen molar-refractivity contribution in [3.05, 3.63) is 10.7 Å². The Morgan fingerprint density at radius 3 is 2.89 bits per heavy atom. The van der Waals surface area contributed by atoms with Gasteiger partial charge in [0, 0.05) is 20.6 Å². The monoisotopic (exact) mass is 316 g/mol. The molecule has 0 saturated carbocycles. The van der Waals surface area contributed by atoms with Gasteiger partial charge >= 0.3 is 0 Å². The molecule has 1 N–H and O–H groups in total. The highest BCUT2D eigenvalue weighted by Crippen LogP contribution is 2.23. The summed E-state index contributed by atoms with van der Waals surface area (Å²) in [5.41, 5.74) is 0. The highest BCUT2D eigenvalue weighted by Gasteiger charge is 2.16. The first-order valence-electron chi connectivity index (χ1n) is 5.48. The summed E-state index contributed by atoms with van der Waals surface area (Å²) in [6.45, 7) is 2.38. The van der Waals surface area contributed by atoms with Crippen molar-refractivity contribution in [3.63, 3.8) is 0 Å². The van der Waals surface area contributed by atoms with E-state index in [1.807, 2.05) is 18.9 Å². The number of methoxy groups -OCH3 is 1. The summed E-state index contributed by atoms with van der Waals surface area (Å²) in [5, 5.41) is 2.61. The molecular formula is C11H17BrN4O2. The van der Waals surface area contributed by atoms with Gasteiger partial charge in [0.15, 0.2) is 0 Å². The van der Waals surface area contributed by atoms with Crippen LogP contribution in [0.1, 0.15) is 6.92 Å². The predicted octanol–water partition coefficient (Wildman–Crippen LogP) is 1.07. The SMILES string of the molecule is CNC(=O)C(C)CN(C)c1ncc(Br)c(OC)n1. The maximum atomic E-state index is 11.4. The zero-order valence-corrected chi connectivity index (χ0v) is 12.5. The van der Waals surface area contributed by atoms with E-state index >= 15 is 0 Å². The van der Waals surface area contributed by atoms with Gasteiger partial charge in [-0.2, -0.15) is 4.98 Å². The first-order valence-corrected chi connectivity index (χ1v) is 6.28. The Morgan fingerprint density at radius 1 is 1.67 bits per heavy atom. The maximum Gasteiger partial charge on any atom is 0.232 e. The number of carbonyl (C=O) groups excluding carboxylic acids is 1. The molecule has 1 atom stereocenters. The molecule has 1 heterocycles. The number of carbonyl (C=O) groups is 1. The van der Waals surface area contributed by atoms with Crippen molar-refractivity contribution in [1.29, 1.82) is 0 Å². The Labute approximate surface area is 115 Å². The van der Waals surface area contributed by atoms with Crippen LogP contribution < -0.4 is 15.0 Å². The first-order chi connectivity index (χ1) is 8.49.